The number of hydrogen-bond donors (Lipinski definition) is 1. The summed E-state index contributed by atoms with van der Waals surface area (Å²) in [5.41, 5.74) is 7.46. The number of nitrogens with two attached hydrogens (primary N) is 1. The third-order valence-corrected chi connectivity index (χ3v) is 1.77. The number of hydrogen-bond acceptors (Lipinski definition) is 4. The lowest BCUT2D eigenvalue weighted by atomic mass is 10.1. The van der Waals surface area contributed by atoms with E-state index >= 15 is 0 Å². The van der Waals surface area contributed by atoms with Crippen molar-refractivity contribution >= 4 is 17.7 Å². The van der Waals surface area contributed by atoms with Gasteiger partial charge in [-0.15, -0.1) is 0 Å². The van der Waals surface area contributed by atoms with Crippen LogP contribution in [0.1, 0.15) is 12.5 Å². The summed E-state index contributed by atoms with van der Waals surface area (Å²) in [5, 5.41) is 0. The molecule has 0 unspecified atom stereocenters. The van der Waals surface area contributed by atoms with Crippen molar-refractivity contribution in [3.63, 3.8) is 0 Å². The maximum Gasteiger partial charge on any atom is 0.333 e. The Kier molecular flexibility index (Phi) is 3.23. The molecule has 0 amide bonds. The number of nitrogen functional groups attached to an aromatic ring is 1. The summed E-state index contributed by atoms with van der Waals surface area (Å²) in [5.74, 6) is -0.360. The van der Waals surface area contributed by atoms with Gasteiger partial charge in [0.2, 0.25) is 0 Å². The van der Waals surface area contributed by atoms with Crippen LogP contribution in [0.2, 0.25) is 0 Å². The van der Waals surface area contributed by atoms with Crippen LogP contribution in [0.3, 0.4) is 0 Å². The molecular formula is C10H12N2O2. The second-order valence-electron chi connectivity index (χ2n) is 2.82. The lowest BCUT2D eigenvalue weighted by Crippen LogP contribution is -2.01. The van der Waals surface area contributed by atoms with Gasteiger partial charge in [-0.1, -0.05) is 0 Å². The molecule has 0 atom stereocenters. The van der Waals surface area contributed by atoms with Crippen LogP contribution in [0.5, 0.6) is 0 Å². The zero-order valence-corrected chi connectivity index (χ0v) is 8.15. The Morgan fingerprint density at radius 3 is 2.93 bits per heavy atom. The van der Waals surface area contributed by atoms with Crippen LogP contribution in [-0.4, -0.2) is 18.1 Å². The van der Waals surface area contributed by atoms with Crippen molar-refractivity contribution in [2.24, 2.45) is 0 Å². The molecule has 14 heavy (non-hydrogen) atoms. The molecule has 0 bridgehead atoms. The molecule has 4 heteroatoms. The molecule has 1 rings (SSSR count). The molecule has 0 fully saturated rings. The molecule has 0 saturated heterocycles. The lowest BCUT2D eigenvalue weighted by molar-refractivity contribution is -0.135. The Labute approximate surface area is 82.4 Å². The Morgan fingerprint density at radius 1 is 1.64 bits per heavy atom. The summed E-state index contributed by atoms with van der Waals surface area (Å²) >= 11 is 0. The quantitative estimate of drug-likeness (QED) is 0.565. The number of methoxy groups -OCH3 is 1. The van der Waals surface area contributed by atoms with Crippen LogP contribution < -0.4 is 5.73 Å². The van der Waals surface area contributed by atoms with Gasteiger partial charge in [0.25, 0.3) is 0 Å². The minimum Gasteiger partial charge on any atom is -0.466 e. The molecule has 4 nitrogen and oxygen atoms in total. The minimum absolute atomic E-state index is 0.360. The zero-order chi connectivity index (χ0) is 10.6. The first-order valence-corrected chi connectivity index (χ1v) is 4.11. The standard InChI is InChI=1S/C10H12N2O2/c1-7(10(13)14-2)5-8-3-4-12-6-9(8)11/h3-6H,11H2,1-2H3. The van der Waals surface area contributed by atoms with Crippen molar-refractivity contribution in [3.8, 4) is 0 Å². The molecule has 0 aromatic carbocycles. The maximum absolute atomic E-state index is 11.1. The van der Waals surface area contributed by atoms with Crippen LogP contribution in [0, 0.1) is 0 Å². The van der Waals surface area contributed by atoms with E-state index in [1.807, 2.05) is 0 Å². The number of carbonyl (C=O) groups excluding carboxylic acids is 1. The van der Waals surface area contributed by atoms with E-state index < -0.39 is 0 Å². The molecule has 0 aliphatic heterocycles. The molecule has 0 spiro atoms. The van der Waals surface area contributed by atoms with Crippen LogP contribution >= 0.6 is 0 Å². The van der Waals surface area contributed by atoms with Gasteiger partial charge in [0.15, 0.2) is 0 Å². The van der Waals surface area contributed by atoms with Gasteiger partial charge >= 0.3 is 5.97 Å². The highest BCUT2D eigenvalue weighted by molar-refractivity contribution is 5.93. The van der Waals surface area contributed by atoms with Gasteiger partial charge in [-0.25, -0.2) is 4.79 Å². The summed E-state index contributed by atoms with van der Waals surface area (Å²) in [6.45, 7) is 1.67. The smallest absolute Gasteiger partial charge is 0.333 e. The van der Waals surface area contributed by atoms with Crippen molar-refractivity contribution in [1.82, 2.24) is 4.98 Å². The van der Waals surface area contributed by atoms with E-state index in [0.717, 1.165) is 5.56 Å². The Bertz CT molecular complexity index is 372. The minimum atomic E-state index is -0.360. The fraction of sp³-hybridized carbons (Fsp3) is 0.200. The molecule has 2 N–H and O–H groups in total. The van der Waals surface area contributed by atoms with Gasteiger partial charge in [0, 0.05) is 17.3 Å². The second kappa shape index (κ2) is 4.41. The lowest BCUT2D eigenvalue weighted by Gasteiger charge is -2.01. The van der Waals surface area contributed by atoms with E-state index in [-0.39, 0.29) is 5.97 Å². The van der Waals surface area contributed by atoms with E-state index in [2.05, 4.69) is 9.72 Å². The monoisotopic (exact) mass is 192 g/mol. The average Bonchev–Trinajstić information content (AvgIpc) is 2.20. The largest absolute Gasteiger partial charge is 0.466 e. The van der Waals surface area contributed by atoms with E-state index in [1.165, 1.54) is 13.3 Å². The molecule has 0 radical (unpaired) electrons. The number of anilines is 1. The van der Waals surface area contributed by atoms with E-state index in [1.54, 1.807) is 25.3 Å². The SMILES string of the molecule is COC(=O)C(C)=Cc1ccncc1N. The van der Waals surface area contributed by atoms with Gasteiger partial charge in [0.05, 0.1) is 19.0 Å². The molecule has 0 saturated carbocycles. The third-order valence-electron chi connectivity index (χ3n) is 1.77. The van der Waals surface area contributed by atoms with Gasteiger partial charge in [0.1, 0.15) is 0 Å². The number of aromatic nitrogens is 1. The molecule has 1 heterocycles. The molecule has 74 valence electrons. The average molecular weight is 192 g/mol. The molecule has 0 aliphatic rings. The summed E-state index contributed by atoms with van der Waals surface area (Å²) in [6, 6.07) is 1.74. The van der Waals surface area contributed by atoms with Crippen LogP contribution in [0.25, 0.3) is 6.08 Å². The van der Waals surface area contributed by atoms with Crippen molar-refractivity contribution in [2.45, 2.75) is 6.92 Å². The Morgan fingerprint density at radius 2 is 2.36 bits per heavy atom. The first-order valence-electron chi connectivity index (χ1n) is 4.11. The van der Waals surface area contributed by atoms with Crippen molar-refractivity contribution < 1.29 is 9.53 Å². The number of pyridine rings is 1. The second-order valence-corrected chi connectivity index (χ2v) is 2.82. The number of nitrogens with zero attached hydrogens (tertiary/aromatic N) is 1. The van der Waals surface area contributed by atoms with E-state index in [4.69, 9.17) is 5.73 Å². The van der Waals surface area contributed by atoms with Gasteiger partial charge < -0.3 is 10.5 Å². The first-order chi connectivity index (χ1) is 6.65. The van der Waals surface area contributed by atoms with Crippen molar-refractivity contribution in [1.29, 1.82) is 0 Å². The van der Waals surface area contributed by atoms with E-state index in [0.29, 0.717) is 11.3 Å². The summed E-state index contributed by atoms with van der Waals surface area (Å²) in [7, 11) is 1.34. The topological polar surface area (TPSA) is 65.2 Å². The third kappa shape index (κ3) is 2.32. The normalized spacial score (nSPS) is 11.1. The predicted octanol–water partition coefficient (Wildman–Crippen LogP) is 1.24. The number of carbonyl (C=O) groups is 1. The predicted molar refractivity (Wildman–Crippen MR) is 54.3 cm³/mol. The van der Waals surface area contributed by atoms with Crippen molar-refractivity contribution in [3.05, 3.63) is 29.6 Å². The number of ether oxygens (including phenoxy) is 1. The zero-order valence-electron chi connectivity index (χ0n) is 8.15. The van der Waals surface area contributed by atoms with Gasteiger partial charge in [-0.05, 0) is 19.1 Å². The van der Waals surface area contributed by atoms with E-state index in [9.17, 15) is 4.79 Å². The number of esters is 1. The highest BCUT2D eigenvalue weighted by atomic mass is 16.5. The fourth-order valence-electron chi connectivity index (χ4n) is 1.00. The number of rotatable bonds is 2. The van der Waals surface area contributed by atoms with Gasteiger partial charge in [-0.3, -0.25) is 4.98 Å². The molecular weight excluding hydrogens is 180 g/mol. The summed E-state index contributed by atoms with van der Waals surface area (Å²) in [6.07, 6.45) is 4.83. The van der Waals surface area contributed by atoms with Crippen LogP contribution in [0.15, 0.2) is 24.0 Å². The highest BCUT2D eigenvalue weighted by Crippen LogP contribution is 2.13. The molecule has 1 aromatic rings. The molecule has 0 aliphatic carbocycles. The van der Waals surface area contributed by atoms with Gasteiger partial charge in [-0.2, -0.15) is 0 Å². The first kappa shape index (κ1) is 10.2. The van der Waals surface area contributed by atoms with Crippen LogP contribution in [-0.2, 0) is 9.53 Å². The summed E-state index contributed by atoms with van der Waals surface area (Å²) < 4.78 is 4.56. The van der Waals surface area contributed by atoms with Crippen LogP contribution in [0.4, 0.5) is 5.69 Å². The maximum atomic E-state index is 11.1. The fourth-order valence-corrected chi connectivity index (χ4v) is 1.00. The van der Waals surface area contributed by atoms with Crippen molar-refractivity contribution in [2.75, 3.05) is 12.8 Å². The molecule has 1 aromatic heterocycles. The summed E-state index contributed by atoms with van der Waals surface area (Å²) in [4.78, 5) is 14.9. The Balaban J connectivity index is 2.97. The Hall–Kier alpha value is -1.84. The highest BCUT2D eigenvalue weighted by Gasteiger charge is 2.03.